The molecule has 450 valence electrons. The van der Waals surface area contributed by atoms with E-state index in [-0.39, 0.29) is 59.4 Å². The first kappa shape index (κ1) is 64.5. The van der Waals surface area contributed by atoms with Gasteiger partial charge in [-0.3, -0.25) is 19.2 Å². The fraction of sp³-hybridized carbons (Fsp3) is 0.569. The zero-order chi connectivity index (χ0) is 60.4. The van der Waals surface area contributed by atoms with Gasteiger partial charge in [0, 0.05) is 41.9 Å². The van der Waals surface area contributed by atoms with Gasteiger partial charge in [-0.05, 0) is 146 Å². The summed E-state index contributed by atoms with van der Waals surface area (Å²) in [5, 5.41) is 12.6. The molecular formula is C65H92B2N4O12. The van der Waals surface area contributed by atoms with Crippen molar-refractivity contribution in [1.29, 1.82) is 0 Å². The number of benzene rings is 4. The number of amides is 4. The number of aryl methyl sites for hydroxylation is 1. The number of nitrogens with one attached hydrogen (secondary N) is 4. The highest BCUT2D eigenvalue weighted by atomic mass is 16.7. The van der Waals surface area contributed by atoms with Gasteiger partial charge in [-0.1, -0.05) is 94.4 Å². The van der Waals surface area contributed by atoms with Crippen LogP contribution in [0.25, 0.3) is 0 Å². The van der Waals surface area contributed by atoms with Crippen LogP contribution in [0.5, 0.6) is 23.0 Å². The minimum absolute atomic E-state index is 0.0870. The normalized spacial score (nSPS) is 20.8. The van der Waals surface area contributed by atoms with Crippen molar-refractivity contribution in [2.75, 3.05) is 28.4 Å². The van der Waals surface area contributed by atoms with Crippen LogP contribution in [0.4, 0.5) is 0 Å². The number of methoxy groups -OCH3 is 4. The first-order valence-corrected chi connectivity index (χ1v) is 29.8. The molecule has 7 atom stereocenters. The van der Waals surface area contributed by atoms with Crippen molar-refractivity contribution in [2.45, 2.75) is 187 Å². The predicted octanol–water partition coefficient (Wildman–Crippen LogP) is 9.01. The largest absolute Gasteiger partial charge is 0.497 e. The second-order valence-electron chi connectivity index (χ2n) is 25.3. The lowest BCUT2D eigenvalue weighted by atomic mass is 9.73. The zero-order valence-electron chi connectivity index (χ0n) is 51.9. The summed E-state index contributed by atoms with van der Waals surface area (Å²) < 4.78 is 47.3. The van der Waals surface area contributed by atoms with Crippen molar-refractivity contribution in [2.24, 2.45) is 23.7 Å². The smallest absolute Gasteiger partial charge is 0.481 e. The number of hydrogen-bond acceptors (Lipinski definition) is 12. The number of carbonyl (C=O) groups excluding carboxylic acids is 4. The van der Waals surface area contributed by atoms with Gasteiger partial charge in [0.05, 0.1) is 63.2 Å². The molecule has 0 aromatic heterocycles. The molecular weight excluding hydrogens is 1050 g/mol. The van der Waals surface area contributed by atoms with E-state index >= 15 is 0 Å². The minimum atomic E-state index is -0.782. The molecule has 4 aromatic rings. The highest BCUT2D eigenvalue weighted by Gasteiger charge is 2.54. The average molecular weight is 1140 g/mol. The fourth-order valence-electron chi connectivity index (χ4n) is 11.5. The van der Waals surface area contributed by atoms with Crippen LogP contribution in [0, 0.1) is 23.7 Å². The first-order chi connectivity index (χ1) is 39.3. The Labute approximate surface area is 494 Å². The molecule has 0 radical (unpaired) electrons. The van der Waals surface area contributed by atoms with Gasteiger partial charge in [0.2, 0.25) is 23.6 Å². The maximum atomic E-state index is 14.0. The van der Waals surface area contributed by atoms with Crippen molar-refractivity contribution in [3.05, 3.63) is 118 Å². The molecule has 0 bridgehead atoms. The van der Waals surface area contributed by atoms with Gasteiger partial charge in [0.1, 0.15) is 23.6 Å². The second kappa shape index (κ2) is 28.2. The molecule has 2 aliphatic carbocycles. The Morgan fingerprint density at radius 2 is 1.07 bits per heavy atom. The summed E-state index contributed by atoms with van der Waals surface area (Å²) in [7, 11) is 5.34. The molecule has 18 heteroatoms. The molecule has 3 unspecified atom stereocenters. The number of rotatable bonds is 22. The monoisotopic (exact) mass is 1140 g/mol. The topological polar surface area (TPSA) is 190 Å². The SMILES string of the molecule is COc1cc(OC)c(OC)c2c1CC(C(=O)N[C@@H](Cc1ccccc1)C(=O)N[C@@H](CC(C)C)B1OC(C)(C)C(C)(C)O1)CC2.COc1ccc2c(c1)CCC(C(=O)N[C@@H](Cc1ccccc1)C(=O)N[C@@H](CC(C)C)B1OC(C)C(C)(C)O1)C2. The van der Waals surface area contributed by atoms with Crippen LogP contribution in [-0.4, -0.2) is 113 Å². The van der Waals surface area contributed by atoms with Crippen LogP contribution in [-0.2, 0) is 76.3 Å². The van der Waals surface area contributed by atoms with Gasteiger partial charge < -0.3 is 58.8 Å². The second-order valence-corrected chi connectivity index (χ2v) is 25.3. The number of ether oxygens (including phenoxy) is 4. The summed E-state index contributed by atoms with van der Waals surface area (Å²) in [4.78, 5) is 55.1. The summed E-state index contributed by atoms with van der Waals surface area (Å²) in [5.41, 5.74) is 4.75. The van der Waals surface area contributed by atoms with E-state index in [1.807, 2.05) is 121 Å². The third-order valence-corrected chi connectivity index (χ3v) is 17.2. The maximum absolute atomic E-state index is 14.0. The van der Waals surface area contributed by atoms with Gasteiger partial charge in [0.25, 0.3) is 0 Å². The Bertz CT molecular complexity index is 2820. The molecule has 83 heavy (non-hydrogen) atoms. The third-order valence-electron chi connectivity index (χ3n) is 17.2. The van der Waals surface area contributed by atoms with Gasteiger partial charge in [-0.2, -0.15) is 0 Å². The van der Waals surface area contributed by atoms with Gasteiger partial charge in [0.15, 0.2) is 11.5 Å². The van der Waals surface area contributed by atoms with Gasteiger partial charge in [-0.25, -0.2) is 0 Å². The van der Waals surface area contributed by atoms with Gasteiger partial charge >= 0.3 is 14.2 Å². The van der Waals surface area contributed by atoms with E-state index in [1.165, 1.54) is 5.56 Å². The van der Waals surface area contributed by atoms with E-state index in [9.17, 15) is 19.2 Å². The Hall–Kier alpha value is -6.07. The fourth-order valence-corrected chi connectivity index (χ4v) is 11.5. The van der Waals surface area contributed by atoms with Gasteiger partial charge in [-0.15, -0.1) is 0 Å². The van der Waals surface area contributed by atoms with Crippen LogP contribution in [0.15, 0.2) is 84.9 Å². The number of carbonyl (C=O) groups is 4. The molecule has 4 aromatic carbocycles. The van der Waals surface area contributed by atoms with Crippen molar-refractivity contribution in [1.82, 2.24) is 21.3 Å². The summed E-state index contributed by atoms with van der Waals surface area (Å²) in [5.74, 6) is 1.40. The Kier molecular flexibility index (Phi) is 21.9. The molecule has 2 heterocycles. The average Bonchev–Trinajstić information content (AvgIpc) is 4.09. The zero-order valence-corrected chi connectivity index (χ0v) is 51.9. The lowest BCUT2D eigenvalue weighted by molar-refractivity contribution is -0.131. The number of fused-ring (bicyclic) bond motifs is 2. The molecule has 8 rings (SSSR count). The lowest BCUT2D eigenvalue weighted by Gasteiger charge is -2.32. The van der Waals surface area contributed by atoms with Crippen molar-refractivity contribution < 1.29 is 56.7 Å². The highest BCUT2D eigenvalue weighted by Crippen LogP contribution is 2.44. The van der Waals surface area contributed by atoms with Crippen LogP contribution >= 0.6 is 0 Å². The third kappa shape index (κ3) is 16.4. The molecule has 2 fully saturated rings. The summed E-state index contributed by atoms with van der Waals surface area (Å²) in [6.45, 7) is 22.4. The van der Waals surface area contributed by atoms with Crippen molar-refractivity contribution in [3.8, 4) is 23.0 Å². The Balaban J connectivity index is 0.000000240. The summed E-state index contributed by atoms with van der Waals surface area (Å²) in [6, 6.07) is 25.9. The van der Waals surface area contributed by atoms with Crippen molar-refractivity contribution in [3.63, 3.8) is 0 Å². The molecule has 2 aliphatic heterocycles. The Morgan fingerprint density at radius 3 is 1.54 bits per heavy atom. The molecule has 4 amide bonds. The predicted molar refractivity (Wildman–Crippen MR) is 325 cm³/mol. The van der Waals surface area contributed by atoms with E-state index in [0.29, 0.717) is 74.5 Å². The van der Waals surface area contributed by atoms with Crippen LogP contribution in [0.3, 0.4) is 0 Å². The number of hydrogen-bond donors (Lipinski definition) is 4. The molecule has 4 N–H and O–H groups in total. The van der Waals surface area contributed by atoms with Crippen LogP contribution in [0.1, 0.15) is 135 Å². The van der Waals surface area contributed by atoms with E-state index in [2.05, 4.69) is 55.0 Å². The highest BCUT2D eigenvalue weighted by molar-refractivity contribution is 6.48. The first-order valence-electron chi connectivity index (χ1n) is 29.8. The molecule has 16 nitrogen and oxygen atoms in total. The van der Waals surface area contributed by atoms with E-state index in [1.54, 1.807) is 34.5 Å². The molecule has 0 saturated carbocycles. The molecule has 4 aliphatic rings. The van der Waals surface area contributed by atoms with Crippen LogP contribution in [0.2, 0.25) is 0 Å². The van der Waals surface area contributed by atoms with Crippen LogP contribution < -0.4 is 40.2 Å². The summed E-state index contributed by atoms with van der Waals surface area (Å²) >= 11 is 0. The quantitative estimate of drug-likeness (QED) is 0.0548. The van der Waals surface area contributed by atoms with E-state index in [0.717, 1.165) is 46.4 Å². The van der Waals surface area contributed by atoms with E-state index in [4.69, 9.17) is 37.6 Å². The lowest BCUT2D eigenvalue weighted by Crippen LogP contribution is -2.56. The molecule has 0 spiro atoms. The van der Waals surface area contributed by atoms with E-state index < -0.39 is 43.1 Å². The summed E-state index contributed by atoms with van der Waals surface area (Å²) in [6.07, 6.45) is 5.92. The van der Waals surface area contributed by atoms with Crippen molar-refractivity contribution >= 4 is 37.9 Å². The minimum Gasteiger partial charge on any atom is -0.497 e. The molecule has 2 saturated heterocycles. The standard InChI is InChI=1S/C34H49BN2O7.C31H43BN2O5/c1-21(2)17-29(35-43-33(3,4)34(5,6)44-35)37-32(39)26(18-22-13-11-10-12-14-22)36-31(38)23-15-16-24-25(19-23)27(40-7)20-28(41-8)30(24)42-9;1-20(2)16-28(32-38-21(3)31(4,5)39-32)34-30(36)27(17-22-10-8-7-9-11-22)33-29(35)25-13-12-24-19-26(37-6)15-14-23(24)18-25/h10-14,20-21,23,26,29H,15-19H2,1-9H3,(H,36,38)(H,37,39);7-11,14-15,19-21,25,27-28H,12-13,16-18H2,1-6H3,(H,33,35)(H,34,36)/t23?,26-,29-;21?,25?,27-,28-/m00/s1. The maximum Gasteiger partial charge on any atom is 0.481 e. The Morgan fingerprint density at radius 1 is 0.566 bits per heavy atom.